The number of hydrogen-bond acceptors (Lipinski definition) is 1. The maximum atomic E-state index is 13.9. The molecule has 169 valence electrons. The van der Waals surface area contributed by atoms with Crippen molar-refractivity contribution in [1.82, 2.24) is 4.57 Å². The van der Waals surface area contributed by atoms with E-state index in [2.05, 4.69) is 6.07 Å². The normalized spacial score (nSPS) is 11.4. The number of aromatic nitrogens is 1. The number of primary amides is 1. The molecule has 8 heteroatoms. The van der Waals surface area contributed by atoms with Crippen LogP contribution in [0.25, 0.3) is 32.9 Å². The molecule has 34 heavy (non-hydrogen) atoms. The predicted molar refractivity (Wildman–Crippen MR) is 128 cm³/mol. The summed E-state index contributed by atoms with van der Waals surface area (Å²) in [5.74, 6) is -4.74. The first-order chi connectivity index (χ1) is 16.3. The van der Waals surface area contributed by atoms with Gasteiger partial charge in [0, 0.05) is 38.5 Å². The summed E-state index contributed by atoms with van der Waals surface area (Å²) >= 11 is 12.8. The SMILES string of the molecule is NC(=O)c1cccc2c1c1[c]cc(-c3c(Cl)cccc3Cl)cc1n2Cc1cc(F)c(F)c(F)c1. The number of carbonyl (C=O) groups excluding carboxylic acids is 1. The van der Waals surface area contributed by atoms with E-state index in [4.69, 9.17) is 28.9 Å². The molecule has 0 aliphatic heterocycles. The van der Waals surface area contributed by atoms with Gasteiger partial charge in [0.05, 0.1) is 11.0 Å². The van der Waals surface area contributed by atoms with Gasteiger partial charge < -0.3 is 10.3 Å². The highest BCUT2D eigenvalue weighted by atomic mass is 35.5. The fraction of sp³-hybridized carbons (Fsp3) is 0.0385. The van der Waals surface area contributed by atoms with Gasteiger partial charge in [-0.1, -0.05) is 35.3 Å². The Balaban J connectivity index is 1.83. The van der Waals surface area contributed by atoms with Crippen LogP contribution in [-0.4, -0.2) is 10.5 Å². The Morgan fingerprint density at radius 3 is 2.24 bits per heavy atom. The van der Waals surface area contributed by atoms with Crippen LogP contribution < -0.4 is 5.73 Å². The fourth-order valence-electron chi connectivity index (χ4n) is 4.23. The highest BCUT2D eigenvalue weighted by Crippen LogP contribution is 2.39. The van der Waals surface area contributed by atoms with Crippen LogP contribution >= 0.6 is 23.2 Å². The zero-order chi connectivity index (χ0) is 24.1. The summed E-state index contributed by atoms with van der Waals surface area (Å²) in [4.78, 5) is 12.2. The highest BCUT2D eigenvalue weighted by Gasteiger charge is 2.20. The summed E-state index contributed by atoms with van der Waals surface area (Å²) in [7, 11) is 0. The number of benzene rings is 4. The molecule has 1 radical (unpaired) electrons. The van der Waals surface area contributed by atoms with Crippen LogP contribution in [0.3, 0.4) is 0 Å². The summed E-state index contributed by atoms with van der Waals surface area (Å²) in [5.41, 5.74) is 8.52. The Bertz CT molecular complexity index is 1590. The van der Waals surface area contributed by atoms with Gasteiger partial charge in [0.1, 0.15) is 0 Å². The van der Waals surface area contributed by atoms with Crippen molar-refractivity contribution in [3.8, 4) is 11.1 Å². The van der Waals surface area contributed by atoms with E-state index in [0.29, 0.717) is 43.0 Å². The van der Waals surface area contributed by atoms with Crippen LogP contribution in [0.5, 0.6) is 0 Å². The summed E-state index contributed by atoms with van der Waals surface area (Å²) in [5, 5.41) is 2.00. The number of amides is 1. The molecule has 1 amide bonds. The van der Waals surface area contributed by atoms with E-state index in [1.807, 2.05) is 0 Å². The number of fused-ring (bicyclic) bond motifs is 3. The van der Waals surface area contributed by atoms with Crippen LogP contribution in [0.4, 0.5) is 13.2 Å². The monoisotopic (exact) mass is 497 g/mol. The number of nitrogens with two attached hydrogens (primary N) is 1. The molecular weight excluding hydrogens is 484 g/mol. The lowest BCUT2D eigenvalue weighted by Gasteiger charge is -2.11. The molecule has 0 saturated heterocycles. The van der Waals surface area contributed by atoms with E-state index in [1.54, 1.807) is 53.1 Å². The minimum Gasteiger partial charge on any atom is -0.366 e. The minimum atomic E-state index is -1.54. The van der Waals surface area contributed by atoms with Crippen molar-refractivity contribution in [3.05, 3.63) is 105 Å². The Labute approximate surface area is 202 Å². The molecule has 4 aromatic carbocycles. The van der Waals surface area contributed by atoms with Gasteiger partial charge >= 0.3 is 0 Å². The number of halogens is 5. The van der Waals surface area contributed by atoms with E-state index in [1.165, 1.54) is 0 Å². The second kappa shape index (κ2) is 8.38. The highest BCUT2D eigenvalue weighted by molar-refractivity contribution is 6.39. The molecule has 3 nitrogen and oxygen atoms in total. The molecule has 5 rings (SSSR count). The van der Waals surface area contributed by atoms with Gasteiger partial charge in [-0.25, -0.2) is 13.2 Å². The van der Waals surface area contributed by atoms with Gasteiger partial charge in [0.25, 0.3) is 0 Å². The van der Waals surface area contributed by atoms with Gasteiger partial charge in [-0.15, -0.1) is 0 Å². The average Bonchev–Trinajstić information content (AvgIpc) is 3.10. The van der Waals surface area contributed by atoms with Crippen molar-refractivity contribution in [2.75, 3.05) is 0 Å². The predicted octanol–water partition coefficient (Wildman–Crippen LogP) is 7.13. The van der Waals surface area contributed by atoms with Crippen molar-refractivity contribution >= 4 is 50.9 Å². The zero-order valence-electron chi connectivity index (χ0n) is 17.3. The molecule has 0 aliphatic carbocycles. The number of carbonyl (C=O) groups is 1. The van der Waals surface area contributed by atoms with Crippen LogP contribution in [0, 0.1) is 23.5 Å². The third-order valence-electron chi connectivity index (χ3n) is 5.70. The maximum absolute atomic E-state index is 13.9. The third-order valence-corrected chi connectivity index (χ3v) is 6.33. The second-order valence-electron chi connectivity index (χ2n) is 7.77. The standard InChI is InChI=1S/C26H14Cl2F3N2O/c27-17-4-2-5-18(28)23(17)14-7-8-15-22(11-14)33(12-13-9-19(29)25(31)20(30)10-13)21-6-1-3-16(24(15)21)26(32)34/h1-7,9-11H,12H2,(H2,32,34). The van der Waals surface area contributed by atoms with E-state index in [9.17, 15) is 18.0 Å². The summed E-state index contributed by atoms with van der Waals surface area (Å²) < 4.78 is 43.1. The summed E-state index contributed by atoms with van der Waals surface area (Å²) in [6, 6.07) is 18.7. The summed E-state index contributed by atoms with van der Waals surface area (Å²) in [6.07, 6.45) is 0. The molecule has 0 bridgehead atoms. The van der Waals surface area contributed by atoms with Crippen LogP contribution in [0.1, 0.15) is 15.9 Å². The van der Waals surface area contributed by atoms with Crippen molar-refractivity contribution < 1.29 is 18.0 Å². The first-order valence-corrected chi connectivity index (χ1v) is 10.9. The maximum Gasteiger partial charge on any atom is 0.249 e. The van der Waals surface area contributed by atoms with Gasteiger partial charge in [-0.2, -0.15) is 0 Å². The average molecular weight is 498 g/mol. The molecular formula is C26H14Cl2F3N2O. The lowest BCUT2D eigenvalue weighted by atomic mass is 10.0. The minimum absolute atomic E-state index is 0.0100. The van der Waals surface area contributed by atoms with Crippen molar-refractivity contribution in [1.29, 1.82) is 0 Å². The first kappa shape index (κ1) is 22.3. The Hall–Kier alpha value is -3.48. The van der Waals surface area contributed by atoms with E-state index in [0.717, 1.165) is 12.1 Å². The Morgan fingerprint density at radius 2 is 1.59 bits per heavy atom. The van der Waals surface area contributed by atoms with E-state index >= 15 is 0 Å². The van der Waals surface area contributed by atoms with Crippen LogP contribution in [0.15, 0.2) is 60.7 Å². The lowest BCUT2D eigenvalue weighted by Crippen LogP contribution is -2.11. The largest absolute Gasteiger partial charge is 0.366 e. The van der Waals surface area contributed by atoms with Crippen molar-refractivity contribution in [3.63, 3.8) is 0 Å². The van der Waals surface area contributed by atoms with Gasteiger partial charge in [0.2, 0.25) is 5.91 Å². The topological polar surface area (TPSA) is 48.0 Å². The number of nitrogens with zero attached hydrogens (tertiary/aromatic N) is 1. The molecule has 1 heterocycles. The van der Waals surface area contributed by atoms with Gasteiger partial charge in [-0.05, 0) is 65.7 Å². The van der Waals surface area contributed by atoms with Crippen molar-refractivity contribution in [2.24, 2.45) is 5.73 Å². The third kappa shape index (κ3) is 3.59. The molecule has 2 N–H and O–H groups in total. The van der Waals surface area contributed by atoms with Crippen molar-refractivity contribution in [2.45, 2.75) is 6.54 Å². The Morgan fingerprint density at radius 1 is 0.941 bits per heavy atom. The number of rotatable bonds is 4. The zero-order valence-corrected chi connectivity index (χ0v) is 18.8. The van der Waals surface area contributed by atoms with E-state index < -0.39 is 23.4 Å². The second-order valence-corrected chi connectivity index (χ2v) is 8.58. The quantitative estimate of drug-likeness (QED) is 0.263. The van der Waals surface area contributed by atoms with Crippen LogP contribution in [-0.2, 0) is 6.54 Å². The first-order valence-electron chi connectivity index (χ1n) is 10.1. The smallest absolute Gasteiger partial charge is 0.249 e. The Kier molecular flexibility index (Phi) is 5.50. The van der Waals surface area contributed by atoms with Crippen LogP contribution in [0.2, 0.25) is 10.0 Å². The lowest BCUT2D eigenvalue weighted by molar-refractivity contribution is 0.100. The number of hydrogen-bond donors (Lipinski definition) is 1. The molecule has 0 unspecified atom stereocenters. The molecule has 1 aromatic heterocycles. The van der Waals surface area contributed by atoms with Gasteiger partial charge in [-0.3, -0.25) is 4.79 Å². The molecule has 5 aromatic rings. The molecule has 0 atom stereocenters. The summed E-state index contributed by atoms with van der Waals surface area (Å²) in [6.45, 7) is -0.0100. The molecule has 0 saturated carbocycles. The van der Waals surface area contributed by atoms with Gasteiger partial charge in [0.15, 0.2) is 17.5 Å². The molecule has 0 aliphatic rings. The molecule has 0 spiro atoms. The van der Waals surface area contributed by atoms with E-state index in [-0.39, 0.29) is 17.7 Å². The fourth-order valence-corrected chi connectivity index (χ4v) is 4.85. The molecule has 0 fully saturated rings.